The molecule has 2 atom stereocenters. The zero-order valence-electron chi connectivity index (χ0n) is 19.4. The standard InChI is InChI=1S/C26H30N2O6/c1-16(2)28(13-11-23(29)30)25(31)24-22(12-14-33-24)27-26(32)34-15-21-19-9-5-3-7-17(19)18-8-4-6-10-20(18)21/h3-10,16,21-22,24H,11-15H2,1-2H3,(H,27,32)(H,29,30)/t22-,24+/m1/s1. The first-order valence-corrected chi connectivity index (χ1v) is 11.6. The number of nitrogens with one attached hydrogen (secondary N) is 1. The third-order valence-electron chi connectivity index (χ3n) is 6.46. The molecule has 180 valence electrons. The van der Waals surface area contributed by atoms with Crippen molar-refractivity contribution in [1.82, 2.24) is 10.2 Å². The Morgan fingerprint density at radius 1 is 1.09 bits per heavy atom. The van der Waals surface area contributed by atoms with Crippen molar-refractivity contribution < 1.29 is 29.0 Å². The fourth-order valence-corrected chi connectivity index (χ4v) is 4.77. The van der Waals surface area contributed by atoms with Gasteiger partial charge in [0.05, 0.1) is 12.5 Å². The van der Waals surface area contributed by atoms with E-state index in [-0.39, 0.29) is 37.4 Å². The maximum atomic E-state index is 13.0. The number of hydrogen-bond acceptors (Lipinski definition) is 5. The summed E-state index contributed by atoms with van der Waals surface area (Å²) in [6.07, 6.45) is -1.14. The average molecular weight is 467 g/mol. The molecule has 0 unspecified atom stereocenters. The van der Waals surface area contributed by atoms with Crippen molar-refractivity contribution in [2.45, 2.75) is 50.8 Å². The first-order chi connectivity index (χ1) is 16.4. The Bertz CT molecular complexity index is 1020. The van der Waals surface area contributed by atoms with Gasteiger partial charge in [-0.25, -0.2) is 4.79 Å². The van der Waals surface area contributed by atoms with Crippen molar-refractivity contribution in [1.29, 1.82) is 0 Å². The number of hydrogen-bond donors (Lipinski definition) is 2. The molecule has 1 fully saturated rings. The number of amides is 2. The fourth-order valence-electron chi connectivity index (χ4n) is 4.77. The highest BCUT2D eigenvalue weighted by Gasteiger charge is 2.39. The number of carbonyl (C=O) groups is 3. The summed E-state index contributed by atoms with van der Waals surface area (Å²) in [7, 11) is 0. The van der Waals surface area contributed by atoms with Crippen LogP contribution in [0.2, 0.25) is 0 Å². The summed E-state index contributed by atoms with van der Waals surface area (Å²) in [4.78, 5) is 38.2. The van der Waals surface area contributed by atoms with Crippen LogP contribution in [0.15, 0.2) is 48.5 Å². The van der Waals surface area contributed by atoms with E-state index in [9.17, 15) is 14.4 Å². The highest BCUT2D eigenvalue weighted by molar-refractivity contribution is 5.84. The van der Waals surface area contributed by atoms with E-state index in [0.29, 0.717) is 13.0 Å². The van der Waals surface area contributed by atoms with Crippen molar-refractivity contribution in [3.05, 3.63) is 59.7 Å². The van der Waals surface area contributed by atoms with E-state index >= 15 is 0 Å². The Labute approximate surface area is 198 Å². The molecule has 8 heteroatoms. The van der Waals surface area contributed by atoms with Crippen LogP contribution in [-0.4, -0.2) is 65.9 Å². The first-order valence-electron chi connectivity index (χ1n) is 11.6. The Morgan fingerprint density at radius 3 is 2.29 bits per heavy atom. The molecule has 2 amide bonds. The summed E-state index contributed by atoms with van der Waals surface area (Å²) in [6, 6.07) is 15.5. The summed E-state index contributed by atoms with van der Waals surface area (Å²) >= 11 is 0. The van der Waals surface area contributed by atoms with E-state index in [1.807, 2.05) is 38.1 Å². The maximum Gasteiger partial charge on any atom is 0.407 e. The number of ether oxygens (including phenoxy) is 2. The molecule has 4 rings (SSSR count). The highest BCUT2D eigenvalue weighted by Crippen LogP contribution is 2.44. The normalized spacial score (nSPS) is 18.9. The number of rotatable bonds is 8. The molecule has 2 aromatic rings. The largest absolute Gasteiger partial charge is 0.481 e. The number of benzene rings is 2. The number of carboxylic acids is 1. The molecule has 1 aliphatic heterocycles. The smallest absolute Gasteiger partial charge is 0.407 e. The van der Waals surface area contributed by atoms with Gasteiger partial charge in [-0.2, -0.15) is 0 Å². The Morgan fingerprint density at radius 2 is 1.71 bits per heavy atom. The summed E-state index contributed by atoms with van der Waals surface area (Å²) < 4.78 is 11.2. The fraction of sp³-hybridized carbons (Fsp3) is 0.423. The van der Waals surface area contributed by atoms with Crippen molar-refractivity contribution in [2.24, 2.45) is 0 Å². The van der Waals surface area contributed by atoms with Crippen molar-refractivity contribution >= 4 is 18.0 Å². The van der Waals surface area contributed by atoms with Gasteiger partial charge in [-0.15, -0.1) is 0 Å². The molecule has 2 aromatic carbocycles. The van der Waals surface area contributed by atoms with Crippen LogP contribution in [-0.2, 0) is 19.1 Å². The van der Waals surface area contributed by atoms with Gasteiger partial charge in [0.2, 0.25) is 0 Å². The Balaban J connectivity index is 1.38. The van der Waals surface area contributed by atoms with E-state index in [1.54, 1.807) is 0 Å². The van der Waals surface area contributed by atoms with Crippen LogP contribution in [0.4, 0.5) is 4.79 Å². The average Bonchev–Trinajstić information content (AvgIpc) is 3.39. The number of aliphatic carboxylic acids is 1. The molecule has 0 aromatic heterocycles. The molecule has 1 saturated heterocycles. The zero-order valence-corrected chi connectivity index (χ0v) is 19.4. The first kappa shape index (κ1) is 23.8. The topological polar surface area (TPSA) is 105 Å². The van der Waals surface area contributed by atoms with Gasteiger partial charge in [-0.1, -0.05) is 48.5 Å². The van der Waals surface area contributed by atoms with E-state index < -0.39 is 24.2 Å². The molecule has 8 nitrogen and oxygen atoms in total. The Kier molecular flexibility index (Phi) is 7.17. The lowest BCUT2D eigenvalue weighted by molar-refractivity contribution is -0.145. The van der Waals surface area contributed by atoms with Crippen molar-refractivity contribution in [3.8, 4) is 11.1 Å². The number of fused-ring (bicyclic) bond motifs is 3. The minimum atomic E-state index is -0.973. The van der Waals surface area contributed by atoms with Gasteiger partial charge in [0.25, 0.3) is 5.91 Å². The lowest BCUT2D eigenvalue weighted by Gasteiger charge is -2.30. The minimum absolute atomic E-state index is 0.0529. The van der Waals surface area contributed by atoms with Gasteiger partial charge in [-0.05, 0) is 42.5 Å². The molecule has 0 spiro atoms. The van der Waals surface area contributed by atoms with E-state index in [1.165, 1.54) is 4.90 Å². The summed E-state index contributed by atoms with van der Waals surface area (Å²) in [5, 5.41) is 11.8. The molecule has 1 aliphatic carbocycles. The quantitative estimate of drug-likeness (QED) is 0.618. The Hall–Kier alpha value is -3.39. The lowest BCUT2D eigenvalue weighted by atomic mass is 9.98. The van der Waals surface area contributed by atoms with Crippen LogP contribution in [0.3, 0.4) is 0 Å². The van der Waals surface area contributed by atoms with Gasteiger partial charge in [0.15, 0.2) is 6.10 Å². The van der Waals surface area contributed by atoms with E-state index in [0.717, 1.165) is 22.3 Å². The van der Waals surface area contributed by atoms with Crippen LogP contribution in [0.25, 0.3) is 11.1 Å². The molecule has 0 saturated carbocycles. The molecular weight excluding hydrogens is 436 g/mol. The molecule has 34 heavy (non-hydrogen) atoms. The second kappa shape index (κ2) is 10.3. The molecule has 2 N–H and O–H groups in total. The molecule has 0 bridgehead atoms. The third kappa shape index (κ3) is 4.92. The van der Waals surface area contributed by atoms with Gasteiger partial charge in [0.1, 0.15) is 6.61 Å². The third-order valence-corrected chi connectivity index (χ3v) is 6.46. The highest BCUT2D eigenvalue weighted by atomic mass is 16.6. The predicted octanol–water partition coefficient (Wildman–Crippen LogP) is 3.39. The molecule has 0 radical (unpaired) electrons. The number of carboxylic acid groups (broad SMARTS) is 1. The van der Waals surface area contributed by atoms with E-state index in [2.05, 4.69) is 29.6 Å². The summed E-state index contributed by atoms with van der Waals surface area (Å²) in [6.45, 7) is 4.24. The second-order valence-electron chi connectivity index (χ2n) is 8.93. The van der Waals surface area contributed by atoms with Gasteiger partial charge >= 0.3 is 12.1 Å². The number of alkyl carbamates (subject to hydrolysis) is 1. The predicted molar refractivity (Wildman–Crippen MR) is 125 cm³/mol. The van der Waals surface area contributed by atoms with Crippen molar-refractivity contribution in [3.63, 3.8) is 0 Å². The van der Waals surface area contributed by atoms with Gasteiger partial charge < -0.3 is 24.8 Å². The van der Waals surface area contributed by atoms with Crippen LogP contribution < -0.4 is 5.32 Å². The lowest BCUT2D eigenvalue weighted by Crippen LogP contribution is -2.52. The molecule has 1 heterocycles. The van der Waals surface area contributed by atoms with Crippen LogP contribution in [0.5, 0.6) is 0 Å². The van der Waals surface area contributed by atoms with Gasteiger partial charge in [-0.3, -0.25) is 9.59 Å². The number of nitrogens with zero attached hydrogens (tertiary/aromatic N) is 1. The molecular formula is C26H30N2O6. The molecule has 2 aliphatic rings. The number of carbonyl (C=O) groups excluding carboxylic acids is 2. The van der Waals surface area contributed by atoms with Crippen LogP contribution in [0.1, 0.15) is 43.7 Å². The minimum Gasteiger partial charge on any atom is -0.481 e. The van der Waals surface area contributed by atoms with Gasteiger partial charge in [0, 0.05) is 25.1 Å². The second-order valence-corrected chi connectivity index (χ2v) is 8.93. The maximum absolute atomic E-state index is 13.0. The summed E-state index contributed by atoms with van der Waals surface area (Å²) in [5.74, 6) is -1.35. The summed E-state index contributed by atoms with van der Waals surface area (Å²) in [5.41, 5.74) is 4.55. The SMILES string of the molecule is CC(C)N(CCC(=O)O)C(=O)[C@H]1OCC[C@H]1NC(=O)OCC1c2ccccc2-c2ccccc21. The van der Waals surface area contributed by atoms with Crippen LogP contribution in [0, 0.1) is 0 Å². The van der Waals surface area contributed by atoms with Crippen LogP contribution >= 0.6 is 0 Å². The van der Waals surface area contributed by atoms with Crippen molar-refractivity contribution in [2.75, 3.05) is 19.8 Å². The van der Waals surface area contributed by atoms with E-state index in [4.69, 9.17) is 14.6 Å². The zero-order chi connectivity index (χ0) is 24.2. The monoisotopic (exact) mass is 466 g/mol.